The van der Waals surface area contributed by atoms with Crippen molar-refractivity contribution >= 4 is 67.3 Å². The number of carbonyl (C=O) groups is 1. The summed E-state index contributed by atoms with van der Waals surface area (Å²) in [5, 5.41) is 4.37. The number of rotatable bonds is 3. The summed E-state index contributed by atoms with van der Waals surface area (Å²) in [7, 11) is 0. The van der Waals surface area contributed by atoms with Gasteiger partial charge in [-0.05, 0) is 83.6 Å². The van der Waals surface area contributed by atoms with Crippen LogP contribution in [0.25, 0.3) is 20.8 Å². The largest absolute Gasteiger partial charge is 0.322 e. The summed E-state index contributed by atoms with van der Waals surface area (Å²) >= 11 is 10.00. The van der Waals surface area contributed by atoms with Gasteiger partial charge in [0.15, 0.2) is 0 Å². The molecule has 0 saturated heterocycles. The van der Waals surface area contributed by atoms with Gasteiger partial charge in [0.05, 0.1) is 20.8 Å². The first kappa shape index (κ1) is 18.4. The Labute approximate surface area is 179 Å². The molecule has 1 heterocycles. The van der Waals surface area contributed by atoms with Crippen LogP contribution in [0.2, 0.25) is 5.02 Å². The molecule has 3 nitrogen and oxygen atoms in total. The molecule has 6 heteroatoms. The quantitative estimate of drug-likeness (QED) is 0.312. The predicted octanol–water partition coefficient (Wildman–Crippen LogP) is 6.78. The molecule has 0 saturated carbocycles. The third-order valence-corrected chi connectivity index (χ3v) is 6.27. The van der Waals surface area contributed by atoms with Crippen LogP contribution < -0.4 is 5.32 Å². The SMILES string of the molecule is Cc1cc(-c2nc3ccccc3s2)ccc1NC(=O)c1cc(I)ccc1Cl. The zero-order valence-corrected chi connectivity index (χ0v) is 18.0. The predicted molar refractivity (Wildman–Crippen MR) is 122 cm³/mol. The Bertz CT molecular complexity index is 1140. The number of aromatic nitrogens is 1. The monoisotopic (exact) mass is 504 g/mol. The molecule has 0 spiro atoms. The summed E-state index contributed by atoms with van der Waals surface area (Å²) in [6.45, 7) is 1.97. The number of benzene rings is 3. The minimum atomic E-state index is -0.214. The fourth-order valence-corrected chi connectivity index (χ4v) is 4.45. The number of halogens is 2. The number of aryl methyl sites for hydroxylation is 1. The van der Waals surface area contributed by atoms with E-state index in [0.717, 1.165) is 35.6 Å². The van der Waals surface area contributed by atoms with E-state index >= 15 is 0 Å². The van der Waals surface area contributed by atoms with Crippen LogP contribution >= 0.6 is 45.5 Å². The van der Waals surface area contributed by atoms with Crippen molar-refractivity contribution in [1.29, 1.82) is 0 Å². The van der Waals surface area contributed by atoms with Crippen molar-refractivity contribution in [1.82, 2.24) is 4.98 Å². The van der Waals surface area contributed by atoms with E-state index in [9.17, 15) is 4.79 Å². The maximum atomic E-state index is 12.6. The highest BCUT2D eigenvalue weighted by molar-refractivity contribution is 14.1. The molecule has 0 fully saturated rings. The molecule has 0 unspecified atom stereocenters. The summed E-state index contributed by atoms with van der Waals surface area (Å²) in [6, 6.07) is 19.4. The third-order valence-electron chi connectivity index (χ3n) is 4.19. The highest BCUT2D eigenvalue weighted by atomic mass is 127. The van der Waals surface area contributed by atoms with Gasteiger partial charge in [-0.2, -0.15) is 0 Å². The lowest BCUT2D eigenvalue weighted by Gasteiger charge is -2.11. The van der Waals surface area contributed by atoms with Gasteiger partial charge in [-0.1, -0.05) is 23.7 Å². The molecular weight excluding hydrogens is 491 g/mol. The fourth-order valence-electron chi connectivity index (χ4n) is 2.79. The van der Waals surface area contributed by atoms with Crippen molar-refractivity contribution < 1.29 is 4.79 Å². The number of hydrogen-bond donors (Lipinski definition) is 1. The zero-order valence-electron chi connectivity index (χ0n) is 14.3. The molecular formula is C21H14ClIN2OS. The Kier molecular flexibility index (Phi) is 5.16. The number of fused-ring (bicyclic) bond motifs is 1. The number of amides is 1. The van der Waals surface area contributed by atoms with E-state index in [1.165, 1.54) is 0 Å². The second-order valence-corrected chi connectivity index (χ2v) is 8.78. The van der Waals surface area contributed by atoms with Gasteiger partial charge in [-0.15, -0.1) is 11.3 Å². The molecule has 4 rings (SSSR count). The minimum absolute atomic E-state index is 0.214. The maximum absolute atomic E-state index is 12.6. The van der Waals surface area contributed by atoms with Gasteiger partial charge >= 0.3 is 0 Å². The number of nitrogens with one attached hydrogen (secondary N) is 1. The molecule has 0 atom stereocenters. The van der Waals surface area contributed by atoms with Gasteiger partial charge in [-0.25, -0.2) is 4.98 Å². The molecule has 1 amide bonds. The average Bonchev–Trinajstić information content (AvgIpc) is 3.09. The molecule has 1 N–H and O–H groups in total. The van der Waals surface area contributed by atoms with Crippen molar-refractivity contribution in [2.45, 2.75) is 6.92 Å². The summed E-state index contributed by atoms with van der Waals surface area (Å²) in [5.74, 6) is -0.214. The number of carbonyl (C=O) groups excluding carboxylic acids is 1. The van der Waals surface area contributed by atoms with Crippen molar-refractivity contribution in [2.24, 2.45) is 0 Å². The van der Waals surface area contributed by atoms with Crippen LogP contribution in [0, 0.1) is 10.5 Å². The zero-order chi connectivity index (χ0) is 19.0. The first-order valence-corrected chi connectivity index (χ1v) is 10.5. The smallest absolute Gasteiger partial charge is 0.257 e. The third kappa shape index (κ3) is 3.85. The van der Waals surface area contributed by atoms with Gasteiger partial charge in [-0.3, -0.25) is 4.79 Å². The summed E-state index contributed by atoms with van der Waals surface area (Å²) in [5.41, 5.74) is 4.25. The van der Waals surface area contributed by atoms with Gasteiger partial charge < -0.3 is 5.32 Å². The number of nitrogens with zero attached hydrogens (tertiary/aromatic N) is 1. The molecule has 4 aromatic rings. The van der Waals surface area contributed by atoms with Crippen molar-refractivity contribution in [3.05, 3.63) is 80.4 Å². The van der Waals surface area contributed by atoms with Crippen LogP contribution in [-0.4, -0.2) is 10.9 Å². The van der Waals surface area contributed by atoms with Gasteiger partial charge in [0.25, 0.3) is 5.91 Å². The summed E-state index contributed by atoms with van der Waals surface area (Å²) in [6.07, 6.45) is 0. The Morgan fingerprint density at radius 2 is 1.93 bits per heavy atom. The van der Waals surface area contributed by atoms with E-state index in [2.05, 4.69) is 34.0 Å². The van der Waals surface area contributed by atoms with E-state index in [4.69, 9.17) is 16.6 Å². The van der Waals surface area contributed by atoms with E-state index in [0.29, 0.717) is 10.6 Å². The van der Waals surface area contributed by atoms with Crippen LogP contribution in [0.1, 0.15) is 15.9 Å². The highest BCUT2D eigenvalue weighted by Crippen LogP contribution is 2.32. The van der Waals surface area contributed by atoms with Gasteiger partial charge in [0, 0.05) is 14.8 Å². The standard InChI is InChI=1S/C21H14ClIN2OS/c1-12-10-13(21-25-18-4-2-3-5-19(18)27-21)6-9-17(12)24-20(26)15-11-14(23)7-8-16(15)22/h2-11H,1H3,(H,24,26). The Hall–Kier alpha value is -1.96. The first-order valence-electron chi connectivity index (χ1n) is 8.24. The van der Waals surface area contributed by atoms with E-state index in [-0.39, 0.29) is 5.91 Å². The van der Waals surface area contributed by atoms with Crippen molar-refractivity contribution in [3.8, 4) is 10.6 Å². The summed E-state index contributed by atoms with van der Waals surface area (Å²) in [4.78, 5) is 17.3. The molecule has 1 aromatic heterocycles. The maximum Gasteiger partial charge on any atom is 0.257 e. The fraction of sp³-hybridized carbons (Fsp3) is 0.0476. The van der Waals surface area contributed by atoms with Crippen LogP contribution in [0.15, 0.2) is 60.7 Å². The Morgan fingerprint density at radius 3 is 2.70 bits per heavy atom. The highest BCUT2D eigenvalue weighted by Gasteiger charge is 2.13. The van der Waals surface area contributed by atoms with Crippen LogP contribution in [0.5, 0.6) is 0 Å². The number of hydrogen-bond acceptors (Lipinski definition) is 3. The number of anilines is 1. The lowest BCUT2D eigenvalue weighted by molar-refractivity contribution is 0.102. The Morgan fingerprint density at radius 1 is 1.11 bits per heavy atom. The van der Waals surface area contributed by atoms with Crippen LogP contribution in [0.3, 0.4) is 0 Å². The van der Waals surface area contributed by atoms with Crippen molar-refractivity contribution in [3.63, 3.8) is 0 Å². The van der Waals surface area contributed by atoms with E-state index in [1.807, 2.05) is 49.4 Å². The molecule has 27 heavy (non-hydrogen) atoms. The van der Waals surface area contributed by atoms with E-state index < -0.39 is 0 Å². The van der Waals surface area contributed by atoms with Crippen LogP contribution in [0.4, 0.5) is 5.69 Å². The molecule has 3 aromatic carbocycles. The van der Waals surface area contributed by atoms with E-state index in [1.54, 1.807) is 23.5 Å². The van der Waals surface area contributed by atoms with Gasteiger partial charge in [0.2, 0.25) is 0 Å². The first-order chi connectivity index (χ1) is 13.0. The molecule has 0 aliphatic carbocycles. The minimum Gasteiger partial charge on any atom is -0.322 e. The number of para-hydroxylation sites is 1. The number of thiazole rings is 1. The lowest BCUT2D eigenvalue weighted by Crippen LogP contribution is -2.13. The molecule has 0 aliphatic rings. The second kappa shape index (κ2) is 7.58. The lowest BCUT2D eigenvalue weighted by atomic mass is 10.1. The summed E-state index contributed by atoms with van der Waals surface area (Å²) < 4.78 is 2.13. The molecule has 0 bridgehead atoms. The van der Waals surface area contributed by atoms with Crippen LogP contribution in [-0.2, 0) is 0 Å². The average molecular weight is 505 g/mol. The molecule has 134 valence electrons. The molecule has 0 radical (unpaired) electrons. The topological polar surface area (TPSA) is 42.0 Å². The van der Waals surface area contributed by atoms with Gasteiger partial charge in [0.1, 0.15) is 5.01 Å². The molecule has 0 aliphatic heterocycles. The normalized spacial score (nSPS) is 10.9. The van der Waals surface area contributed by atoms with Crippen molar-refractivity contribution in [2.75, 3.05) is 5.32 Å². The second-order valence-electron chi connectivity index (χ2n) is 6.09. The Balaban J connectivity index is 1.62.